The summed E-state index contributed by atoms with van der Waals surface area (Å²) < 4.78 is 5.59. The molecule has 0 aliphatic rings. The van der Waals surface area contributed by atoms with Gasteiger partial charge in [0.1, 0.15) is 4.32 Å². The van der Waals surface area contributed by atoms with Crippen LogP contribution in [-0.4, -0.2) is 23.4 Å². The van der Waals surface area contributed by atoms with Crippen LogP contribution in [0.15, 0.2) is 0 Å². The Balaban J connectivity index is 3.76. The molecule has 0 saturated heterocycles. The van der Waals surface area contributed by atoms with Crippen LogP contribution in [0.1, 0.15) is 46.0 Å². The third-order valence-corrected chi connectivity index (χ3v) is 2.82. The van der Waals surface area contributed by atoms with Gasteiger partial charge in [-0.25, -0.2) is 0 Å². The molecule has 5 heteroatoms. The average Bonchev–Trinajstić information content (AvgIpc) is 2.27. The van der Waals surface area contributed by atoms with Crippen LogP contribution in [0.2, 0.25) is 0 Å². The minimum absolute atomic E-state index is 0.0491. The van der Waals surface area contributed by atoms with Crippen LogP contribution < -0.4 is 5.32 Å². The molecule has 0 fully saturated rings. The molecule has 0 spiro atoms. The lowest BCUT2D eigenvalue weighted by Gasteiger charge is -2.14. The molecule has 0 amide bonds. The summed E-state index contributed by atoms with van der Waals surface area (Å²) in [6.07, 6.45) is 4.83. The first-order valence-electron chi connectivity index (χ1n) is 6.25. The molecular weight excluding hydrogens is 254 g/mol. The van der Waals surface area contributed by atoms with Gasteiger partial charge in [0.2, 0.25) is 0 Å². The van der Waals surface area contributed by atoms with E-state index < -0.39 is 0 Å². The third kappa shape index (κ3) is 9.41. The Labute approximate surface area is 115 Å². The Kier molecular flexibility index (Phi) is 10.7. The summed E-state index contributed by atoms with van der Waals surface area (Å²) in [5.74, 6) is 0.00919. The summed E-state index contributed by atoms with van der Waals surface area (Å²) in [4.78, 5) is 11.6. The van der Waals surface area contributed by atoms with E-state index >= 15 is 0 Å². The molecule has 100 valence electrons. The summed E-state index contributed by atoms with van der Waals surface area (Å²) in [6, 6.07) is 0. The van der Waals surface area contributed by atoms with Gasteiger partial charge in [-0.15, -0.1) is 12.6 Å². The van der Waals surface area contributed by atoms with E-state index in [9.17, 15) is 4.79 Å². The van der Waals surface area contributed by atoms with Crippen LogP contribution in [0.4, 0.5) is 0 Å². The minimum Gasteiger partial charge on any atom is -0.466 e. The lowest BCUT2D eigenvalue weighted by molar-refractivity contribution is -0.148. The van der Waals surface area contributed by atoms with Gasteiger partial charge in [-0.3, -0.25) is 4.79 Å². The molecule has 0 saturated carbocycles. The van der Waals surface area contributed by atoms with Crippen molar-refractivity contribution in [1.82, 2.24) is 5.32 Å². The SMILES string of the molecule is CCCC(CCCCNC(=S)S)C(=O)OCC. The first-order valence-corrected chi connectivity index (χ1v) is 7.10. The number of hydrogen-bond donors (Lipinski definition) is 2. The molecular formula is C12H23NO2S2. The molecule has 0 heterocycles. The minimum atomic E-state index is -0.0491. The summed E-state index contributed by atoms with van der Waals surface area (Å²) in [7, 11) is 0. The standard InChI is InChI=1S/C12H23NO2S2/c1-3-7-10(11(14)15-4-2)8-5-6-9-13-12(16)17/h10H,3-9H2,1-2H3,(H2,13,16,17). The normalized spacial score (nSPS) is 11.9. The first kappa shape index (κ1) is 16.7. The Morgan fingerprint density at radius 3 is 2.59 bits per heavy atom. The fourth-order valence-electron chi connectivity index (χ4n) is 1.70. The van der Waals surface area contributed by atoms with Crippen LogP contribution in [0.25, 0.3) is 0 Å². The van der Waals surface area contributed by atoms with Crippen molar-refractivity contribution in [2.75, 3.05) is 13.2 Å². The van der Waals surface area contributed by atoms with Crippen molar-refractivity contribution in [3.8, 4) is 0 Å². The zero-order valence-corrected chi connectivity index (χ0v) is 12.4. The van der Waals surface area contributed by atoms with Gasteiger partial charge in [-0.2, -0.15) is 0 Å². The van der Waals surface area contributed by atoms with Gasteiger partial charge in [-0.1, -0.05) is 32.0 Å². The van der Waals surface area contributed by atoms with Crippen LogP contribution in [-0.2, 0) is 9.53 Å². The summed E-state index contributed by atoms with van der Waals surface area (Å²) >= 11 is 8.77. The molecule has 0 aliphatic heterocycles. The monoisotopic (exact) mass is 277 g/mol. The Morgan fingerprint density at radius 2 is 2.06 bits per heavy atom. The van der Waals surface area contributed by atoms with E-state index in [0.717, 1.165) is 38.6 Å². The predicted molar refractivity (Wildman–Crippen MR) is 78.5 cm³/mol. The molecule has 1 atom stereocenters. The van der Waals surface area contributed by atoms with Crippen molar-refractivity contribution >= 4 is 35.1 Å². The number of esters is 1. The molecule has 0 bridgehead atoms. The zero-order chi connectivity index (χ0) is 13.1. The Morgan fingerprint density at radius 1 is 1.35 bits per heavy atom. The summed E-state index contributed by atoms with van der Waals surface area (Å²) in [6.45, 7) is 5.23. The number of unbranched alkanes of at least 4 members (excludes halogenated alkanes) is 1. The molecule has 3 nitrogen and oxygen atoms in total. The molecule has 0 aliphatic carbocycles. The number of carbonyl (C=O) groups is 1. The van der Waals surface area contributed by atoms with E-state index in [4.69, 9.17) is 17.0 Å². The van der Waals surface area contributed by atoms with Gasteiger partial charge in [0, 0.05) is 6.54 Å². The van der Waals surface area contributed by atoms with Crippen molar-refractivity contribution in [2.24, 2.45) is 5.92 Å². The van der Waals surface area contributed by atoms with Crippen LogP contribution in [0, 0.1) is 5.92 Å². The fraction of sp³-hybridized carbons (Fsp3) is 0.833. The Bertz CT molecular complexity index is 235. The molecule has 17 heavy (non-hydrogen) atoms. The molecule has 1 N–H and O–H groups in total. The second kappa shape index (κ2) is 10.8. The van der Waals surface area contributed by atoms with Crippen molar-refractivity contribution < 1.29 is 9.53 Å². The van der Waals surface area contributed by atoms with E-state index in [1.54, 1.807) is 0 Å². The molecule has 0 radical (unpaired) electrons. The second-order valence-corrected chi connectivity index (χ2v) is 5.12. The predicted octanol–water partition coefficient (Wildman–Crippen LogP) is 2.94. The van der Waals surface area contributed by atoms with Gasteiger partial charge in [-0.05, 0) is 26.2 Å². The quantitative estimate of drug-likeness (QED) is 0.294. The fourth-order valence-corrected chi connectivity index (χ4v) is 1.91. The zero-order valence-electron chi connectivity index (χ0n) is 10.7. The van der Waals surface area contributed by atoms with Crippen LogP contribution in [0.3, 0.4) is 0 Å². The van der Waals surface area contributed by atoms with Crippen molar-refractivity contribution in [2.45, 2.75) is 46.0 Å². The third-order valence-electron chi connectivity index (χ3n) is 2.51. The van der Waals surface area contributed by atoms with Gasteiger partial charge >= 0.3 is 5.97 Å². The maximum atomic E-state index is 11.6. The van der Waals surface area contributed by atoms with Gasteiger partial charge in [0.25, 0.3) is 0 Å². The van der Waals surface area contributed by atoms with E-state index in [0.29, 0.717) is 10.9 Å². The van der Waals surface area contributed by atoms with Crippen molar-refractivity contribution in [1.29, 1.82) is 0 Å². The Hall–Kier alpha value is -0.290. The van der Waals surface area contributed by atoms with Crippen molar-refractivity contribution in [3.05, 3.63) is 0 Å². The number of ether oxygens (including phenoxy) is 1. The van der Waals surface area contributed by atoms with Crippen LogP contribution in [0.5, 0.6) is 0 Å². The summed E-state index contributed by atoms with van der Waals surface area (Å²) in [5, 5.41) is 2.99. The second-order valence-electron chi connectivity index (χ2n) is 3.97. The number of nitrogens with one attached hydrogen (secondary N) is 1. The lowest BCUT2D eigenvalue weighted by atomic mass is 9.97. The average molecular weight is 277 g/mol. The highest BCUT2D eigenvalue weighted by Gasteiger charge is 2.17. The van der Waals surface area contributed by atoms with Crippen molar-refractivity contribution in [3.63, 3.8) is 0 Å². The number of rotatable bonds is 9. The molecule has 0 aromatic rings. The molecule has 0 rings (SSSR count). The number of hydrogen-bond acceptors (Lipinski definition) is 3. The lowest BCUT2D eigenvalue weighted by Crippen LogP contribution is -2.20. The molecule has 0 aromatic carbocycles. The highest BCUT2D eigenvalue weighted by Crippen LogP contribution is 2.16. The van der Waals surface area contributed by atoms with E-state index in [1.807, 2.05) is 6.92 Å². The van der Waals surface area contributed by atoms with E-state index in [2.05, 4.69) is 24.9 Å². The van der Waals surface area contributed by atoms with Gasteiger partial charge in [0.15, 0.2) is 0 Å². The largest absolute Gasteiger partial charge is 0.466 e. The van der Waals surface area contributed by atoms with Gasteiger partial charge < -0.3 is 10.1 Å². The van der Waals surface area contributed by atoms with E-state index in [-0.39, 0.29) is 11.9 Å². The maximum absolute atomic E-state index is 11.6. The van der Waals surface area contributed by atoms with E-state index in [1.165, 1.54) is 0 Å². The topological polar surface area (TPSA) is 38.3 Å². The number of thiol groups is 1. The molecule has 0 aromatic heterocycles. The van der Waals surface area contributed by atoms with Crippen LogP contribution >= 0.6 is 24.8 Å². The smallest absolute Gasteiger partial charge is 0.308 e. The highest BCUT2D eigenvalue weighted by molar-refractivity contribution is 8.11. The number of carbonyl (C=O) groups excluding carboxylic acids is 1. The summed E-state index contributed by atoms with van der Waals surface area (Å²) in [5.41, 5.74) is 0. The number of thiocarbonyl (C=S) groups is 1. The first-order chi connectivity index (χ1) is 8.11. The van der Waals surface area contributed by atoms with Gasteiger partial charge in [0.05, 0.1) is 12.5 Å². The molecule has 1 unspecified atom stereocenters. The highest BCUT2D eigenvalue weighted by atomic mass is 32.1. The maximum Gasteiger partial charge on any atom is 0.308 e.